The molecule has 0 atom stereocenters. The third-order valence-electron chi connectivity index (χ3n) is 5.19. The average molecular weight is 393 g/mol. The summed E-state index contributed by atoms with van der Waals surface area (Å²) >= 11 is 0. The van der Waals surface area contributed by atoms with Gasteiger partial charge in [-0.25, -0.2) is 9.97 Å². The number of piperidine rings is 1. The number of hydrogen-bond donors (Lipinski definition) is 0. The molecular formula is C21H23N5O3. The summed E-state index contributed by atoms with van der Waals surface area (Å²) in [6, 6.07) is 3.55. The second kappa shape index (κ2) is 7.98. The first kappa shape index (κ1) is 19.0. The van der Waals surface area contributed by atoms with Gasteiger partial charge in [0.05, 0.1) is 11.6 Å². The van der Waals surface area contributed by atoms with Gasteiger partial charge in [-0.1, -0.05) is 0 Å². The van der Waals surface area contributed by atoms with E-state index in [1.54, 1.807) is 41.8 Å². The predicted octanol–water partition coefficient (Wildman–Crippen LogP) is 2.20. The molecule has 0 unspecified atom stereocenters. The standard InChI is InChI=1S/C21H23N5O3/c1-3-25-13-17(19(27)16-5-4-14(2)24-20(16)25)21(28)26-10-6-15(7-11-26)29-18-12-22-8-9-23-18/h4-5,8-9,12-13,15H,3,6-7,10-11H2,1-2H3. The van der Waals surface area contributed by atoms with Crippen molar-refractivity contribution in [2.75, 3.05) is 13.1 Å². The molecule has 0 saturated carbocycles. The number of aryl methyl sites for hydroxylation is 2. The van der Waals surface area contributed by atoms with E-state index in [4.69, 9.17) is 4.74 Å². The Morgan fingerprint density at radius 2 is 2.03 bits per heavy atom. The topological polar surface area (TPSA) is 90.2 Å². The molecule has 4 rings (SSSR count). The fraction of sp³-hybridized carbons (Fsp3) is 0.381. The minimum atomic E-state index is -0.264. The molecule has 1 aliphatic rings. The summed E-state index contributed by atoms with van der Waals surface area (Å²) in [4.78, 5) is 40.4. The number of nitrogens with zero attached hydrogens (tertiary/aromatic N) is 5. The summed E-state index contributed by atoms with van der Waals surface area (Å²) in [6.07, 6.45) is 7.74. The Labute approximate surface area is 168 Å². The lowest BCUT2D eigenvalue weighted by Gasteiger charge is -2.31. The third-order valence-corrected chi connectivity index (χ3v) is 5.19. The monoisotopic (exact) mass is 393 g/mol. The summed E-state index contributed by atoms with van der Waals surface area (Å²) in [6.45, 7) is 5.54. The summed E-state index contributed by atoms with van der Waals surface area (Å²) in [5.41, 5.74) is 1.38. The molecule has 0 aromatic carbocycles. The highest BCUT2D eigenvalue weighted by Gasteiger charge is 2.27. The van der Waals surface area contributed by atoms with E-state index in [-0.39, 0.29) is 23.0 Å². The maximum atomic E-state index is 13.1. The van der Waals surface area contributed by atoms with Crippen molar-refractivity contribution in [2.45, 2.75) is 39.3 Å². The van der Waals surface area contributed by atoms with Crippen molar-refractivity contribution in [1.29, 1.82) is 0 Å². The Bertz CT molecular complexity index is 1090. The lowest BCUT2D eigenvalue weighted by molar-refractivity contribution is 0.0585. The van der Waals surface area contributed by atoms with Crippen LogP contribution in [0.3, 0.4) is 0 Å². The number of likely N-dealkylation sites (tertiary alicyclic amines) is 1. The Morgan fingerprint density at radius 1 is 1.24 bits per heavy atom. The Balaban J connectivity index is 1.53. The molecule has 1 amide bonds. The van der Waals surface area contributed by atoms with E-state index in [0.717, 1.165) is 5.69 Å². The molecule has 8 heteroatoms. The third kappa shape index (κ3) is 3.83. The zero-order chi connectivity index (χ0) is 20.4. The summed E-state index contributed by atoms with van der Waals surface area (Å²) in [5, 5.41) is 0.476. The van der Waals surface area contributed by atoms with Gasteiger partial charge >= 0.3 is 0 Å². The molecule has 3 aromatic rings. The van der Waals surface area contributed by atoms with Gasteiger partial charge < -0.3 is 14.2 Å². The Hall–Kier alpha value is -3.29. The van der Waals surface area contributed by atoms with Crippen LogP contribution in [-0.4, -0.2) is 49.5 Å². The van der Waals surface area contributed by atoms with Crippen LogP contribution >= 0.6 is 0 Å². The molecule has 1 saturated heterocycles. The summed E-state index contributed by atoms with van der Waals surface area (Å²) in [5.74, 6) is 0.248. The number of hydrogen-bond acceptors (Lipinski definition) is 6. The number of carbonyl (C=O) groups excluding carboxylic acids is 1. The predicted molar refractivity (Wildman–Crippen MR) is 108 cm³/mol. The minimum absolute atomic E-state index is 0.0215. The van der Waals surface area contributed by atoms with Crippen molar-refractivity contribution in [2.24, 2.45) is 0 Å². The molecule has 29 heavy (non-hydrogen) atoms. The van der Waals surface area contributed by atoms with Crippen LogP contribution in [-0.2, 0) is 6.54 Å². The number of pyridine rings is 2. The number of carbonyl (C=O) groups is 1. The zero-order valence-electron chi connectivity index (χ0n) is 16.5. The number of amides is 1. The molecule has 0 radical (unpaired) electrons. The van der Waals surface area contributed by atoms with Gasteiger partial charge in [-0.15, -0.1) is 0 Å². The second-order valence-corrected chi connectivity index (χ2v) is 7.13. The van der Waals surface area contributed by atoms with Crippen molar-refractivity contribution < 1.29 is 9.53 Å². The van der Waals surface area contributed by atoms with E-state index in [2.05, 4.69) is 15.0 Å². The smallest absolute Gasteiger partial charge is 0.259 e. The highest BCUT2D eigenvalue weighted by molar-refractivity contribution is 5.97. The van der Waals surface area contributed by atoms with Crippen LogP contribution in [0.2, 0.25) is 0 Å². The lowest BCUT2D eigenvalue weighted by Crippen LogP contribution is -2.43. The second-order valence-electron chi connectivity index (χ2n) is 7.13. The SMILES string of the molecule is CCn1cc(C(=O)N2CCC(Oc3cnccn3)CC2)c(=O)c2ccc(C)nc21. The average Bonchev–Trinajstić information content (AvgIpc) is 2.75. The van der Waals surface area contributed by atoms with Crippen LogP contribution < -0.4 is 10.2 Å². The molecule has 150 valence electrons. The van der Waals surface area contributed by atoms with Gasteiger partial charge in [-0.3, -0.25) is 14.6 Å². The largest absolute Gasteiger partial charge is 0.473 e. The number of ether oxygens (including phenoxy) is 1. The van der Waals surface area contributed by atoms with Gasteiger partial charge in [0.25, 0.3) is 5.91 Å². The maximum absolute atomic E-state index is 13.1. The van der Waals surface area contributed by atoms with E-state index in [1.165, 1.54) is 0 Å². The van der Waals surface area contributed by atoms with Crippen molar-refractivity contribution in [1.82, 2.24) is 24.4 Å². The molecule has 0 spiro atoms. The van der Waals surface area contributed by atoms with E-state index < -0.39 is 0 Å². The summed E-state index contributed by atoms with van der Waals surface area (Å²) < 4.78 is 7.69. The fourth-order valence-corrected chi connectivity index (χ4v) is 3.62. The van der Waals surface area contributed by atoms with Crippen LogP contribution in [0.15, 0.2) is 41.7 Å². The van der Waals surface area contributed by atoms with Crippen molar-refractivity contribution in [3.8, 4) is 5.88 Å². The number of rotatable bonds is 4. The van der Waals surface area contributed by atoms with Crippen molar-refractivity contribution >= 4 is 16.9 Å². The Morgan fingerprint density at radius 3 is 2.72 bits per heavy atom. The maximum Gasteiger partial charge on any atom is 0.259 e. The Kier molecular flexibility index (Phi) is 5.24. The first-order chi connectivity index (χ1) is 14.1. The van der Waals surface area contributed by atoms with Crippen LogP contribution in [0.1, 0.15) is 35.8 Å². The van der Waals surface area contributed by atoms with E-state index in [1.807, 2.05) is 18.4 Å². The van der Waals surface area contributed by atoms with Gasteiger partial charge in [0.15, 0.2) is 0 Å². The highest BCUT2D eigenvalue weighted by atomic mass is 16.5. The van der Waals surface area contributed by atoms with E-state index in [9.17, 15) is 9.59 Å². The molecule has 1 aliphatic heterocycles. The quantitative estimate of drug-likeness (QED) is 0.675. The number of fused-ring (bicyclic) bond motifs is 1. The molecule has 0 bridgehead atoms. The molecule has 4 heterocycles. The summed E-state index contributed by atoms with van der Waals surface area (Å²) in [7, 11) is 0. The van der Waals surface area contributed by atoms with Crippen LogP contribution in [0.4, 0.5) is 0 Å². The zero-order valence-corrected chi connectivity index (χ0v) is 16.5. The lowest BCUT2D eigenvalue weighted by atomic mass is 10.1. The first-order valence-corrected chi connectivity index (χ1v) is 9.79. The molecule has 0 aliphatic carbocycles. The van der Waals surface area contributed by atoms with Crippen molar-refractivity contribution in [3.05, 3.63) is 58.4 Å². The molecule has 0 N–H and O–H groups in total. The van der Waals surface area contributed by atoms with E-state index >= 15 is 0 Å². The highest BCUT2D eigenvalue weighted by Crippen LogP contribution is 2.19. The van der Waals surface area contributed by atoms with Gasteiger partial charge in [-0.2, -0.15) is 0 Å². The van der Waals surface area contributed by atoms with Gasteiger partial charge in [0.2, 0.25) is 11.3 Å². The van der Waals surface area contributed by atoms with Crippen LogP contribution in [0, 0.1) is 6.92 Å². The molecule has 1 fully saturated rings. The first-order valence-electron chi connectivity index (χ1n) is 9.79. The normalized spacial score (nSPS) is 14.9. The van der Waals surface area contributed by atoms with Crippen LogP contribution in [0.25, 0.3) is 11.0 Å². The number of aromatic nitrogens is 4. The fourth-order valence-electron chi connectivity index (χ4n) is 3.62. The van der Waals surface area contributed by atoms with Gasteiger partial charge in [0, 0.05) is 56.8 Å². The van der Waals surface area contributed by atoms with Crippen molar-refractivity contribution in [3.63, 3.8) is 0 Å². The van der Waals surface area contributed by atoms with Gasteiger partial charge in [0.1, 0.15) is 17.3 Å². The minimum Gasteiger partial charge on any atom is -0.473 e. The van der Waals surface area contributed by atoms with E-state index in [0.29, 0.717) is 49.4 Å². The molecular weight excluding hydrogens is 370 g/mol. The molecule has 8 nitrogen and oxygen atoms in total. The molecule has 3 aromatic heterocycles. The van der Waals surface area contributed by atoms with Gasteiger partial charge in [-0.05, 0) is 26.0 Å². The van der Waals surface area contributed by atoms with Crippen LogP contribution in [0.5, 0.6) is 5.88 Å².